The molecule has 144 valence electrons. The zero-order chi connectivity index (χ0) is 19.9. The Kier molecular flexibility index (Phi) is 6.41. The van der Waals surface area contributed by atoms with E-state index < -0.39 is 18.0 Å². The number of rotatable bonds is 6. The Hall–Kier alpha value is -3.17. The molecule has 0 saturated carbocycles. The summed E-state index contributed by atoms with van der Waals surface area (Å²) >= 11 is 0. The summed E-state index contributed by atoms with van der Waals surface area (Å²) in [6, 6.07) is 16.0. The van der Waals surface area contributed by atoms with Gasteiger partial charge in [0.05, 0.1) is 16.8 Å². The molecule has 1 N–H and O–H groups in total. The predicted octanol–water partition coefficient (Wildman–Crippen LogP) is 3.34. The van der Waals surface area contributed by atoms with Gasteiger partial charge in [-0.15, -0.1) is 0 Å². The lowest BCUT2D eigenvalue weighted by atomic mass is 10.1. The van der Waals surface area contributed by atoms with E-state index in [0.717, 1.165) is 25.2 Å². The highest BCUT2D eigenvalue weighted by Gasteiger charge is 2.20. The monoisotopic (exact) mass is 377 g/mol. The number of nitrogens with one attached hydrogen (secondary N) is 1. The first-order valence-electron chi connectivity index (χ1n) is 9.39. The van der Waals surface area contributed by atoms with Crippen LogP contribution in [0, 0.1) is 11.3 Å². The highest BCUT2D eigenvalue weighted by atomic mass is 16.5. The first kappa shape index (κ1) is 19.6. The summed E-state index contributed by atoms with van der Waals surface area (Å²) < 4.78 is 5.27. The summed E-state index contributed by atoms with van der Waals surface area (Å²) in [5, 5.41) is 11.7. The van der Waals surface area contributed by atoms with Gasteiger partial charge in [0.2, 0.25) is 0 Å². The van der Waals surface area contributed by atoms with E-state index in [9.17, 15) is 9.59 Å². The normalized spacial score (nSPS) is 14.9. The maximum absolute atomic E-state index is 12.3. The summed E-state index contributed by atoms with van der Waals surface area (Å²) in [6.07, 6.45) is 1.50. The quantitative estimate of drug-likeness (QED) is 0.781. The second-order valence-corrected chi connectivity index (χ2v) is 6.87. The number of nitrogens with zero attached hydrogens (tertiary/aromatic N) is 2. The number of hydrogen-bond donors (Lipinski definition) is 1. The van der Waals surface area contributed by atoms with Crippen molar-refractivity contribution in [2.75, 3.05) is 18.4 Å². The van der Waals surface area contributed by atoms with Gasteiger partial charge in [0.25, 0.3) is 5.91 Å². The van der Waals surface area contributed by atoms with Gasteiger partial charge in [0.15, 0.2) is 6.10 Å². The number of likely N-dealkylation sites (tertiary alicyclic amines) is 1. The van der Waals surface area contributed by atoms with Gasteiger partial charge in [-0.25, -0.2) is 4.79 Å². The molecule has 1 atom stereocenters. The third kappa shape index (κ3) is 4.96. The van der Waals surface area contributed by atoms with Crippen molar-refractivity contribution < 1.29 is 14.3 Å². The Morgan fingerprint density at radius 2 is 1.82 bits per heavy atom. The van der Waals surface area contributed by atoms with E-state index in [4.69, 9.17) is 10.00 Å². The number of carbonyl (C=O) groups is 2. The number of nitriles is 1. The Bertz CT molecular complexity index is 881. The maximum Gasteiger partial charge on any atom is 0.338 e. The third-order valence-corrected chi connectivity index (χ3v) is 4.75. The van der Waals surface area contributed by atoms with Crippen molar-refractivity contribution in [3.63, 3.8) is 0 Å². The number of amides is 1. The van der Waals surface area contributed by atoms with Crippen LogP contribution in [0.15, 0.2) is 48.5 Å². The van der Waals surface area contributed by atoms with Crippen LogP contribution in [0.5, 0.6) is 0 Å². The molecule has 2 aromatic carbocycles. The van der Waals surface area contributed by atoms with E-state index in [0.29, 0.717) is 16.8 Å². The molecule has 6 heteroatoms. The SMILES string of the molecule is C[C@H](OC(=O)c1ccc(CN2CCCC2)cc1)C(=O)Nc1ccccc1C#N. The lowest BCUT2D eigenvalue weighted by Crippen LogP contribution is -2.30. The van der Waals surface area contributed by atoms with E-state index in [2.05, 4.69) is 10.2 Å². The number of benzene rings is 2. The third-order valence-electron chi connectivity index (χ3n) is 4.75. The lowest BCUT2D eigenvalue weighted by Gasteiger charge is -2.15. The lowest BCUT2D eigenvalue weighted by molar-refractivity contribution is -0.123. The van der Waals surface area contributed by atoms with Crippen molar-refractivity contribution in [2.24, 2.45) is 0 Å². The molecule has 6 nitrogen and oxygen atoms in total. The molecule has 0 aromatic heterocycles. The van der Waals surface area contributed by atoms with E-state index in [1.807, 2.05) is 18.2 Å². The fraction of sp³-hybridized carbons (Fsp3) is 0.318. The summed E-state index contributed by atoms with van der Waals surface area (Å²) in [6.45, 7) is 4.62. The number of para-hydroxylation sites is 1. The number of esters is 1. The van der Waals surface area contributed by atoms with Crippen LogP contribution < -0.4 is 5.32 Å². The van der Waals surface area contributed by atoms with Crippen molar-refractivity contribution in [3.05, 3.63) is 65.2 Å². The van der Waals surface area contributed by atoms with Gasteiger partial charge in [-0.3, -0.25) is 9.69 Å². The largest absolute Gasteiger partial charge is 0.449 e. The molecule has 3 rings (SSSR count). The van der Waals surface area contributed by atoms with Crippen molar-refractivity contribution in [1.82, 2.24) is 4.90 Å². The first-order chi connectivity index (χ1) is 13.6. The van der Waals surface area contributed by atoms with Crippen molar-refractivity contribution in [2.45, 2.75) is 32.4 Å². The minimum absolute atomic E-state index is 0.350. The van der Waals surface area contributed by atoms with Crippen molar-refractivity contribution in [3.8, 4) is 6.07 Å². The number of anilines is 1. The second-order valence-electron chi connectivity index (χ2n) is 6.87. The van der Waals surface area contributed by atoms with Crippen LogP contribution in [-0.4, -0.2) is 36.0 Å². The average Bonchev–Trinajstić information content (AvgIpc) is 3.22. The maximum atomic E-state index is 12.3. The zero-order valence-electron chi connectivity index (χ0n) is 15.9. The van der Waals surface area contributed by atoms with Crippen LogP contribution in [0.1, 0.15) is 41.3 Å². The fourth-order valence-electron chi connectivity index (χ4n) is 3.15. The molecule has 1 amide bonds. The average molecular weight is 377 g/mol. The minimum Gasteiger partial charge on any atom is -0.449 e. The molecule has 1 heterocycles. The summed E-state index contributed by atoms with van der Waals surface area (Å²) in [7, 11) is 0. The standard InChI is InChI=1S/C22H23N3O3/c1-16(21(26)24-20-7-3-2-6-19(20)14-23)28-22(27)18-10-8-17(9-11-18)15-25-12-4-5-13-25/h2-3,6-11,16H,4-5,12-13,15H2,1H3,(H,24,26)/t16-/m0/s1. The highest BCUT2D eigenvalue weighted by Crippen LogP contribution is 2.16. The molecular formula is C22H23N3O3. The molecule has 0 unspecified atom stereocenters. The van der Waals surface area contributed by atoms with Crippen LogP contribution in [0.2, 0.25) is 0 Å². The van der Waals surface area contributed by atoms with Crippen LogP contribution >= 0.6 is 0 Å². The molecule has 1 aliphatic rings. The Labute approximate surface area is 164 Å². The van der Waals surface area contributed by atoms with Gasteiger partial charge < -0.3 is 10.1 Å². The van der Waals surface area contributed by atoms with E-state index in [1.165, 1.54) is 19.8 Å². The summed E-state index contributed by atoms with van der Waals surface area (Å²) in [5.74, 6) is -1.04. The minimum atomic E-state index is -0.983. The fourth-order valence-corrected chi connectivity index (χ4v) is 3.15. The molecule has 0 bridgehead atoms. The molecule has 1 fully saturated rings. The second kappa shape index (κ2) is 9.16. The van der Waals surface area contributed by atoms with Gasteiger partial charge in [-0.05, 0) is 62.7 Å². The predicted molar refractivity (Wildman–Crippen MR) is 106 cm³/mol. The number of ether oxygens (including phenoxy) is 1. The van der Waals surface area contributed by atoms with Gasteiger partial charge in [0, 0.05) is 6.54 Å². The highest BCUT2D eigenvalue weighted by molar-refractivity contribution is 5.98. The Morgan fingerprint density at radius 3 is 2.50 bits per heavy atom. The molecule has 0 aliphatic carbocycles. The van der Waals surface area contributed by atoms with Crippen LogP contribution in [-0.2, 0) is 16.1 Å². The molecule has 0 spiro atoms. The zero-order valence-corrected chi connectivity index (χ0v) is 15.9. The van der Waals surface area contributed by atoms with Gasteiger partial charge in [-0.2, -0.15) is 5.26 Å². The van der Waals surface area contributed by atoms with Crippen molar-refractivity contribution >= 4 is 17.6 Å². The van der Waals surface area contributed by atoms with E-state index >= 15 is 0 Å². The van der Waals surface area contributed by atoms with Gasteiger partial charge in [-0.1, -0.05) is 24.3 Å². The summed E-state index contributed by atoms with van der Waals surface area (Å²) in [5.41, 5.74) is 2.30. The number of hydrogen-bond acceptors (Lipinski definition) is 5. The topological polar surface area (TPSA) is 82.4 Å². The molecule has 0 radical (unpaired) electrons. The molecule has 28 heavy (non-hydrogen) atoms. The molecule has 2 aromatic rings. The molecular weight excluding hydrogens is 354 g/mol. The molecule has 1 aliphatic heterocycles. The smallest absolute Gasteiger partial charge is 0.338 e. The van der Waals surface area contributed by atoms with Crippen LogP contribution in [0.25, 0.3) is 0 Å². The van der Waals surface area contributed by atoms with Crippen LogP contribution in [0.3, 0.4) is 0 Å². The van der Waals surface area contributed by atoms with E-state index in [1.54, 1.807) is 36.4 Å². The Morgan fingerprint density at radius 1 is 1.14 bits per heavy atom. The van der Waals surface area contributed by atoms with Crippen LogP contribution in [0.4, 0.5) is 5.69 Å². The van der Waals surface area contributed by atoms with Gasteiger partial charge in [0.1, 0.15) is 6.07 Å². The number of carbonyl (C=O) groups excluding carboxylic acids is 2. The summed E-state index contributed by atoms with van der Waals surface area (Å²) in [4.78, 5) is 27.0. The molecule has 1 saturated heterocycles. The van der Waals surface area contributed by atoms with E-state index in [-0.39, 0.29) is 0 Å². The van der Waals surface area contributed by atoms with Gasteiger partial charge >= 0.3 is 5.97 Å². The first-order valence-corrected chi connectivity index (χ1v) is 9.39. The van der Waals surface area contributed by atoms with Crippen molar-refractivity contribution in [1.29, 1.82) is 5.26 Å². The Balaban J connectivity index is 1.55.